The number of thioether (sulfide) groups is 1. The van der Waals surface area contributed by atoms with Crippen molar-refractivity contribution in [1.29, 1.82) is 0 Å². The average Bonchev–Trinajstić information content (AvgIpc) is 2.35. The fraction of sp³-hybridized carbons (Fsp3) is 0.300. The molecule has 0 unspecified atom stereocenters. The molecule has 0 fully saturated rings. The molecule has 1 aromatic heterocycles. The zero-order valence-electron chi connectivity index (χ0n) is 10.2. The fourth-order valence-electron chi connectivity index (χ4n) is 1.08. The summed E-state index contributed by atoms with van der Waals surface area (Å²) in [6, 6.07) is 0.880. The quantitative estimate of drug-likeness (QED) is 0.485. The second-order valence-electron chi connectivity index (χ2n) is 3.68. The summed E-state index contributed by atoms with van der Waals surface area (Å²) < 4.78 is 0. The van der Waals surface area contributed by atoms with E-state index in [1.165, 1.54) is 4.90 Å². The smallest absolute Gasteiger partial charge is 0.364 e. The van der Waals surface area contributed by atoms with Crippen molar-refractivity contribution in [3.63, 3.8) is 0 Å². The van der Waals surface area contributed by atoms with Crippen molar-refractivity contribution in [2.24, 2.45) is 0 Å². The number of rotatable bonds is 5. The first-order valence-electron chi connectivity index (χ1n) is 5.03. The van der Waals surface area contributed by atoms with E-state index in [9.17, 15) is 19.7 Å². The van der Waals surface area contributed by atoms with Crippen LogP contribution in [0.25, 0.3) is 0 Å². The third-order valence-corrected chi connectivity index (χ3v) is 3.15. The van der Waals surface area contributed by atoms with Gasteiger partial charge < -0.3 is 20.1 Å². The number of pyridine rings is 1. The highest BCUT2D eigenvalue weighted by atomic mass is 32.2. The molecule has 1 aromatic rings. The van der Waals surface area contributed by atoms with Crippen LogP contribution in [0.15, 0.2) is 17.2 Å². The number of nitro groups is 1. The minimum atomic E-state index is -1.30. The average molecular weight is 285 g/mol. The van der Waals surface area contributed by atoms with Gasteiger partial charge in [0.2, 0.25) is 5.91 Å². The second kappa shape index (κ2) is 6.14. The molecule has 0 aliphatic heterocycles. The van der Waals surface area contributed by atoms with Crippen molar-refractivity contribution in [1.82, 2.24) is 9.88 Å². The Bertz CT molecular complexity index is 532. The van der Waals surface area contributed by atoms with Crippen molar-refractivity contribution in [2.45, 2.75) is 4.90 Å². The number of carboxylic acid groups (broad SMARTS) is 1. The molecule has 0 saturated carbocycles. The number of aromatic carboxylic acids is 1. The van der Waals surface area contributed by atoms with E-state index in [0.29, 0.717) is 0 Å². The van der Waals surface area contributed by atoms with Gasteiger partial charge in [0.1, 0.15) is 0 Å². The molecule has 0 radical (unpaired) electrons. The predicted molar refractivity (Wildman–Crippen MR) is 67.3 cm³/mol. The van der Waals surface area contributed by atoms with E-state index in [-0.39, 0.29) is 22.1 Å². The highest BCUT2D eigenvalue weighted by molar-refractivity contribution is 8.00. The summed E-state index contributed by atoms with van der Waals surface area (Å²) in [5, 5.41) is 19.5. The minimum absolute atomic E-state index is 0.0345. The van der Waals surface area contributed by atoms with Crippen LogP contribution in [-0.2, 0) is 4.79 Å². The van der Waals surface area contributed by atoms with Crippen LogP contribution < -0.4 is 0 Å². The lowest BCUT2D eigenvalue weighted by atomic mass is 10.2. The molecule has 0 bridgehead atoms. The summed E-state index contributed by atoms with van der Waals surface area (Å²) in [4.78, 5) is 37.3. The van der Waals surface area contributed by atoms with Gasteiger partial charge in [-0.1, -0.05) is 0 Å². The Kier molecular flexibility index (Phi) is 4.81. The van der Waals surface area contributed by atoms with E-state index >= 15 is 0 Å². The molecule has 0 spiro atoms. The van der Waals surface area contributed by atoms with E-state index in [4.69, 9.17) is 5.11 Å². The number of aromatic nitrogens is 1. The Morgan fingerprint density at radius 3 is 2.63 bits per heavy atom. The van der Waals surface area contributed by atoms with Gasteiger partial charge in [0, 0.05) is 14.1 Å². The van der Waals surface area contributed by atoms with Crippen molar-refractivity contribution in [3.05, 3.63) is 27.9 Å². The zero-order chi connectivity index (χ0) is 14.6. The lowest BCUT2D eigenvalue weighted by Gasteiger charge is -2.09. The molecule has 19 heavy (non-hydrogen) atoms. The number of nitrogens with zero attached hydrogens (tertiary/aromatic N) is 3. The van der Waals surface area contributed by atoms with E-state index in [1.807, 2.05) is 0 Å². The molecule has 0 atom stereocenters. The maximum atomic E-state index is 11.4. The first-order chi connectivity index (χ1) is 8.82. The Morgan fingerprint density at radius 1 is 1.53 bits per heavy atom. The van der Waals surface area contributed by atoms with Crippen LogP contribution in [-0.4, -0.2) is 51.6 Å². The monoisotopic (exact) mass is 285 g/mol. The van der Waals surface area contributed by atoms with Gasteiger partial charge in [0.15, 0.2) is 6.20 Å². The second-order valence-corrected chi connectivity index (χ2v) is 4.69. The van der Waals surface area contributed by atoms with Crippen molar-refractivity contribution in [3.8, 4) is 0 Å². The van der Waals surface area contributed by atoms with Gasteiger partial charge in [-0.2, -0.15) is 0 Å². The normalized spacial score (nSPS) is 10.0. The molecule has 8 nitrogen and oxygen atoms in total. The fourth-order valence-corrected chi connectivity index (χ4v) is 2.05. The van der Waals surface area contributed by atoms with Crippen LogP contribution in [0.4, 0.5) is 5.82 Å². The topological polar surface area (TPSA) is 114 Å². The zero-order valence-corrected chi connectivity index (χ0v) is 11.0. The largest absolute Gasteiger partial charge is 0.478 e. The van der Waals surface area contributed by atoms with Crippen molar-refractivity contribution < 1.29 is 19.6 Å². The van der Waals surface area contributed by atoms with Crippen LogP contribution in [0.2, 0.25) is 0 Å². The van der Waals surface area contributed by atoms with Crippen LogP contribution in [0.3, 0.4) is 0 Å². The lowest BCUT2D eigenvalue weighted by molar-refractivity contribution is -0.389. The van der Waals surface area contributed by atoms with Gasteiger partial charge in [-0.25, -0.2) is 4.79 Å². The van der Waals surface area contributed by atoms with Crippen LogP contribution in [0, 0.1) is 10.1 Å². The van der Waals surface area contributed by atoms with Gasteiger partial charge in [0.05, 0.1) is 22.3 Å². The lowest BCUT2D eigenvalue weighted by Crippen LogP contribution is -2.23. The van der Waals surface area contributed by atoms with Gasteiger partial charge in [-0.3, -0.25) is 4.79 Å². The molecule has 1 amide bonds. The highest BCUT2D eigenvalue weighted by Crippen LogP contribution is 2.25. The minimum Gasteiger partial charge on any atom is -0.478 e. The first-order valence-corrected chi connectivity index (χ1v) is 6.02. The Hall–Kier alpha value is -2.16. The van der Waals surface area contributed by atoms with Gasteiger partial charge >= 0.3 is 11.8 Å². The molecule has 0 saturated heterocycles. The van der Waals surface area contributed by atoms with Gasteiger partial charge in [0.25, 0.3) is 0 Å². The van der Waals surface area contributed by atoms with Crippen molar-refractivity contribution in [2.75, 3.05) is 19.8 Å². The molecule has 1 heterocycles. The molecule has 1 N–H and O–H groups in total. The van der Waals surface area contributed by atoms with Crippen LogP contribution in [0.5, 0.6) is 0 Å². The summed E-state index contributed by atoms with van der Waals surface area (Å²) in [6.45, 7) is 0. The summed E-state index contributed by atoms with van der Waals surface area (Å²) in [5.74, 6) is -2.00. The Balaban J connectivity index is 2.98. The maximum Gasteiger partial charge on any atom is 0.364 e. The highest BCUT2D eigenvalue weighted by Gasteiger charge is 2.19. The SMILES string of the molecule is CN(C)C(=O)CSc1cnc([N+](=O)[O-])cc1C(=O)O. The molecule has 0 aliphatic carbocycles. The van der Waals surface area contributed by atoms with Gasteiger partial charge in [-0.15, -0.1) is 11.8 Å². The summed E-state index contributed by atoms with van der Waals surface area (Å²) in [5.41, 5.74) is -0.238. The Morgan fingerprint density at radius 2 is 2.16 bits per heavy atom. The molecule has 0 aliphatic rings. The number of carbonyl (C=O) groups is 2. The third kappa shape index (κ3) is 3.91. The molecule has 9 heteroatoms. The number of carboxylic acids is 1. The van der Waals surface area contributed by atoms with Crippen LogP contribution >= 0.6 is 11.8 Å². The predicted octanol–water partition coefficient (Wildman–Crippen LogP) is 0.868. The number of amides is 1. The molecule has 0 aromatic carbocycles. The summed E-state index contributed by atoms with van der Waals surface area (Å²) >= 11 is 0.975. The first kappa shape index (κ1) is 14.9. The molecular formula is C10H11N3O5S. The summed E-state index contributed by atoms with van der Waals surface area (Å²) in [6.07, 6.45) is 1.09. The standard InChI is InChI=1S/C10H11N3O5S/c1-12(2)9(14)5-19-7-4-11-8(13(17)18)3-6(7)10(15)16/h3-4H,5H2,1-2H3,(H,15,16). The van der Waals surface area contributed by atoms with E-state index < -0.39 is 16.7 Å². The van der Waals surface area contributed by atoms with Crippen molar-refractivity contribution >= 4 is 29.5 Å². The number of carbonyl (C=O) groups excluding carboxylic acids is 1. The maximum absolute atomic E-state index is 11.4. The third-order valence-electron chi connectivity index (χ3n) is 2.12. The number of hydrogen-bond donors (Lipinski definition) is 1. The van der Waals surface area contributed by atoms with E-state index in [2.05, 4.69) is 4.98 Å². The van der Waals surface area contributed by atoms with Crippen LogP contribution in [0.1, 0.15) is 10.4 Å². The molecular weight excluding hydrogens is 274 g/mol. The van der Waals surface area contributed by atoms with E-state index in [1.54, 1.807) is 14.1 Å². The van der Waals surface area contributed by atoms with E-state index in [0.717, 1.165) is 24.0 Å². The number of hydrogen-bond acceptors (Lipinski definition) is 6. The Labute approximate surface area is 112 Å². The van der Waals surface area contributed by atoms with Gasteiger partial charge in [-0.05, 0) is 9.91 Å². The molecule has 1 rings (SSSR count). The summed E-state index contributed by atoms with van der Waals surface area (Å²) in [7, 11) is 3.16. The molecule has 102 valence electrons.